The molecule has 1 aromatic rings. The molecule has 0 heterocycles. The second-order valence-corrected chi connectivity index (χ2v) is 4.18. The molecule has 2 nitrogen and oxygen atoms in total. The molecule has 0 saturated heterocycles. The summed E-state index contributed by atoms with van der Waals surface area (Å²) < 4.78 is 0. The minimum Gasteiger partial charge on any atom is -0.367 e. The molecule has 0 fully saturated rings. The summed E-state index contributed by atoms with van der Waals surface area (Å²) in [6.07, 6.45) is 0. The Labute approximate surface area is 102 Å². The molecule has 0 aromatic heterocycles. The van der Waals surface area contributed by atoms with Gasteiger partial charge in [0.25, 0.3) is 0 Å². The van der Waals surface area contributed by atoms with Gasteiger partial charge in [-0.25, -0.2) is 0 Å². The van der Waals surface area contributed by atoms with E-state index in [1.54, 1.807) is 12.1 Å². The Hall–Kier alpha value is -1.46. The third-order valence-corrected chi connectivity index (χ3v) is 2.50. The van der Waals surface area contributed by atoms with E-state index < -0.39 is 0 Å². The SMILES string of the molecule is C=C(C)CN(CC)c1cc(Cl)ccc1C#N. The fraction of sp³-hybridized carbons (Fsp3) is 0.308. The van der Waals surface area contributed by atoms with Gasteiger partial charge >= 0.3 is 0 Å². The van der Waals surface area contributed by atoms with E-state index in [1.165, 1.54) is 0 Å². The molecule has 0 aliphatic carbocycles. The van der Waals surface area contributed by atoms with Crippen LogP contribution < -0.4 is 4.90 Å². The number of likely N-dealkylation sites (N-methyl/N-ethyl adjacent to an activating group) is 1. The average Bonchev–Trinajstić information content (AvgIpc) is 2.25. The summed E-state index contributed by atoms with van der Waals surface area (Å²) in [7, 11) is 0. The van der Waals surface area contributed by atoms with Crippen LogP contribution in [0.25, 0.3) is 0 Å². The van der Waals surface area contributed by atoms with E-state index in [0.717, 1.165) is 24.4 Å². The maximum atomic E-state index is 9.05. The first-order chi connectivity index (χ1) is 7.58. The smallest absolute Gasteiger partial charge is 0.101 e. The summed E-state index contributed by atoms with van der Waals surface area (Å²) >= 11 is 5.95. The highest BCUT2D eigenvalue weighted by atomic mass is 35.5. The Bertz CT molecular complexity index is 432. The maximum absolute atomic E-state index is 9.05. The van der Waals surface area contributed by atoms with Crippen molar-refractivity contribution in [2.45, 2.75) is 13.8 Å². The summed E-state index contributed by atoms with van der Waals surface area (Å²) in [5, 5.41) is 9.69. The van der Waals surface area contributed by atoms with Crippen LogP contribution in [0.5, 0.6) is 0 Å². The van der Waals surface area contributed by atoms with E-state index in [0.29, 0.717) is 10.6 Å². The van der Waals surface area contributed by atoms with Crippen LogP contribution in [0.1, 0.15) is 19.4 Å². The van der Waals surface area contributed by atoms with Gasteiger partial charge in [-0.3, -0.25) is 0 Å². The Morgan fingerprint density at radius 2 is 2.25 bits per heavy atom. The molecule has 0 N–H and O–H groups in total. The van der Waals surface area contributed by atoms with Crippen molar-refractivity contribution >= 4 is 17.3 Å². The van der Waals surface area contributed by atoms with E-state index in [9.17, 15) is 0 Å². The molecule has 0 radical (unpaired) electrons. The molecule has 0 atom stereocenters. The molecule has 3 heteroatoms. The topological polar surface area (TPSA) is 27.0 Å². The second-order valence-electron chi connectivity index (χ2n) is 3.74. The summed E-state index contributed by atoms with van der Waals surface area (Å²) in [6, 6.07) is 7.49. The van der Waals surface area contributed by atoms with Crippen molar-refractivity contribution in [3.63, 3.8) is 0 Å². The van der Waals surface area contributed by atoms with E-state index in [-0.39, 0.29) is 0 Å². The van der Waals surface area contributed by atoms with Crippen LogP contribution in [0.2, 0.25) is 5.02 Å². The van der Waals surface area contributed by atoms with Gasteiger partial charge in [-0.2, -0.15) is 5.26 Å². The number of nitrogens with zero attached hydrogens (tertiary/aromatic N) is 2. The molecular formula is C13H15ClN2. The lowest BCUT2D eigenvalue weighted by Gasteiger charge is -2.24. The van der Waals surface area contributed by atoms with Gasteiger partial charge < -0.3 is 4.90 Å². The Morgan fingerprint density at radius 1 is 1.56 bits per heavy atom. The second kappa shape index (κ2) is 5.58. The fourth-order valence-electron chi connectivity index (χ4n) is 1.55. The zero-order valence-corrected chi connectivity index (χ0v) is 10.4. The Morgan fingerprint density at radius 3 is 2.75 bits per heavy atom. The molecule has 0 bridgehead atoms. The first-order valence-corrected chi connectivity index (χ1v) is 5.55. The van der Waals surface area contributed by atoms with Gasteiger partial charge in [0, 0.05) is 18.1 Å². The zero-order chi connectivity index (χ0) is 12.1. The molecule has 16 heavy (non-hydrogen) atoms. The number of benzene rings is 1. The first-order valence-electron chi connectivity index (χ1n) is 5.17. The van der Waals surface area contributed by atoms with Crippen LogP contribution >= 0.6 is 11.6 Å². The molecular weight excluding hydrogens is 220 g/mol. The van der Waals surface area contributed by atoms with Crippen LogP contribution in [0.4, 0.5) is 5.69 Å². The quantitative estimate of drug-likeness (QED) is 0.745. The number of anilines is 1. The number of hydrogen-bond donors (Lipinski definition) is 0. The lowest BCUT2D eigenvalue weighted by molar-refractivity contribution is 0.879. The van der Waals surface area contributed by atoms with Gasteiger partial charge in [0.2, 0.25) is 0 Å². The zero-order valence-electron chi connectivity index (χ0n) is 9.63. The summed E-state index contributed by atoms with van der Waals surface area (Å²) in [5.41, 5.74) is 2.58. The van der Waals surface area contributed by atoms with Crippen LogP contribution in [0.15, 0.2) is 30.4 Å². The summed E-state index contributed by atoms with van der Waals surface area (Å²) in [5.74, 6) is 0. The van der Waals surface area contributed by atoms with Gasteiger partial charge in [0.15, 0.2) is 0 Å². The largest absolute Gasteiger partial charge is 0.367 e. The van der Waals surface area contributed by atoms with Gasteiger partial charge in [-0.15, -0.1) is 0 Å². The van der Waals surface area contributed by atoms with Crippen molar-refractivity contribution < 1.29 is 0 Å². The molecule has 0 amide bonds. The van der Waals surface area contributed by atoms with Crippen molar-refractivity contribution in [3.05, 3.63) is 40.9 Å². The number of nitriles is 1. The average molecular weight is 235 g/mol. The van der Waals surface area contributed by atoms with Crippen molar-refractivity contribution in [1.82, 2.24) is 0 Å². The first kappa shape index (κ1) is 12.6. The predicted octanol–water partition coefficient (Wildman–Crippen LogP) is 3.61. The number of halogens is 1. The van der Waals surface area contributed by atoms with Crippen LogP contribution in [0, 0.1) is 11.3 Å². The van der Waals surface area contributed by atoms with E-state index in [2.05, 4.69) is 17.5 Å². The van der Waals surface area contributed by atoms with Crippen molar-refractivity contribution in [2.24, 2.45) is 0 Å². The number of rotatable bonds is 4. The van der Waals surface area contributed by atoms with Crippen molar-refractivity contribution in [2.75, 3.05) is 18.0 Å². The normalized spacial score (nSPS) is 9.62. The lowest BCUT2D eigenvalue weighted by atomic mass is 10.1. The molecule has 0 saturated carbocycles. The van der Waals surface area contributed by atoms with Crippen molar-refractivity contribution in [3.8, 4) is 6.07 Å². The van der Waals surface area contributed by atoms with E-state index in [1.807, 2.05) is 19.9 Å². The summed E-state index contributed by atoms with van der Waals surface area (Å²) in [4.78, 5) is 2.09. The highest BCUT2D eigenvalue weighted by Crippen LogP contribution is 2.24. The lowest BCUT2D eigenvalue weighted by Crippen LogP contribution is -2.25. The maximum Gasteiger partial charge on any atom is 0.101 e. The predicted molar refractivity (Wildman–Crippen MR) is 68.9 cm³/mol. The highest BCUT2D eigenvalue weighted by Gasteiger charge is 2.10. The molecule has 0 spiro atoms. The Kier molecular flexibility index (Phi) is 4.39. The Balaban J connectivity index is 3.13. The molecule has 0 aliphatic rings. The molecule has 0 unspecified atom stereocenters. The molecule has 1 aromatic carbocycles. The van der Waals surface area contributed by atoms with E-state index in [4.69, 9.17) is 16.9 Å². The highest BCUT2D eigenvalue weighted by molar-refractivity contribution is 6.30. The fourth-order valence-corrected chi connectivity index (χ4v) is 1.72. The number of hydrogen-bond acceptors (Lipinski definition) is 2. The van der Waals surface area contributed by atoms with E-state index >= 15 is 0 Å². The standard InChI is InChI=1S/C13H15ClN2/c1-4-16(9-10(2)3)13-7-12(14)6-5-11(13)8-15/h5-7H,2,4,9H2,1,3H3. The minimum atomic E-state index is 0.646. The minimum absolute atomic E-state index is 0.646. The van der Waals surface area contributed by atoms with Crippen LogP contribution in [0.3, 0.4) is 0 Å². The van der Waals surface area contributed by atoms with Crippen LogP contribution in [-0.4, -0.2) is 13.1 Å². The monoisotopic (exact) mass is 234 g/mol. The van der Waals surface area contributed by atoms with Gasteiger partial charge in [-0.05, 0) is 32.0 Å². The van der Waals surface area contributed by atoms with Gasteiger partial charge in [0.1, 0.15) is 6.07 Å². The van der Waals surface area contributed by atoms with Crippen LogP contribution in [-0.2, 0) is 0 Å². The van der Waals surface area contributed by atoms with Gasteiger partial charge in [0.05, 0.1) is 11.3 Å². The third-order valence-electron chi connectivity index (χ3n) is 2.26. The molecule has 84 valence electrons. The summed E-state index contributed by atoms with van der Waals surface area (Å²) in [6.45, 7) is 9.47. The van der Waals surface area contributed by atoms with Crippen molar-refractivity contribution in [1.29, 1.82) is 5.26 Å². The molecule has 0 aliphatic heterocycles. The third kappa shape index (κ3) is 3.01. The molecule has 1 rings (SSSR count). The van der Waals surface area contributed by atoms with Gasteiger partial charge in [-0.1, -0.05) is 23.8 Å².